The molecule has 0 heterocycles. The zero-order chi connectivity index (χ0) is 10.6. The van der Waals surface area contributed by atoms with Gasteiger partial charge in [-0.1, -0.05) is 0 Å². The van der Waals surface area contributed by atoms with Gasteiger partial charge >= 0.3 is 5.97 Å². The Kier molecular flexibility index (Phi) is 3.23. The van der Waals surface area contributed by atoms with Crippen LogP contribution in [-0.4, -0.2) is 11.1 Å². The van der Waals surface area contributed by atoms with Gasteiger partial charge in [-0.05, 0) is 31.2 Å². The minimum Gasteiger partial charge on any atom is -0.478 e. The van der Waals surface area contributed by atoms with E-state index in [1.54, 1.807) is 6.92 Å². The van der Waals surface area contributed by atoms with Crippen LogP contribution in [0.5, 0.6) is 0 Å². The number of rotatable bonds is 3. The van der Waals surface area contributed by atoms with Gasteiger partial charge in [0.25, 0.3) is 0 Å². The predicted molar refractivity (Wildman–Crippen MR) is 51.4 cm³/mol. The number of hydrogen-bond donors (Lipinski definition) is 2. The van der Waals surface area contributed by atoms with Crippen LogP contribution in [0.15, 0.2) is 36.0 Å². The highest BCUT2D eigenvalue weighted by molar-refractivity contribution is 5.81. The van der Waals surface area contributed by atoms with Gasteiger partial charge in [0.15, 0.2) is 0 Å². The first kappa shape index (κ1) is 10.2. The third-order valence-electron chi connectivity index (χ3n) is 1.53. The lowest BCUT2D eigenvalue weighted by Gasteiger charge is -2.04. The van der Waals surface area contributed by atoms with Crippen molar-refractivity contribution in [3.8, 4) is 0 Å². The van der Waals surface area contributed by atoms with E-state index in [1.807, 2.05) is 0 Å². The second kappa shape index (κ2) is 4.41. The van der Waals surface area contributed by atoms with E-state index in [9.17, 15) is 9.18 Å². The Morgan fingerprint density at radius 3 is 2.50 bits per heavy atom. The van der Waals surface area contributed by atoms with E-state index >= 15 is 0 Å². The summed E-state index contributed by atoms with van der Waals surface area (Å²) in [6.45, 7) is 1.62. The SMILES string of the molecule is C/C(=C\C(=O)O)Nc1ccc(F)cc1. The topological polar surface area (TPSA) is 49.3 Å². The molecule has 2 N–H and O–H groups in total. The van der Waals surface area contributed by atoms with Gasteiger partial charge in [-0.2, -0.15) is 0 Å². The second-order valence-corrected chi connectivity index (χ2v) is 2.80. The molecule has 1 aromatic carbocycles. The standard InChI is InChI=1S/C10H10FNO2/c1-7(6-10(13)14)12-9-4-2-8(11)3-5-9/h2-6,12H,1H3,(H,13,14)/b7-6+. The van der Waals surface area contributed by atoms with Gasteiger partial charge in [0, 0.05) is 17.5 Å². The average molecular weight is 195 g/mol. The molecule has 0 saturated carbocycles. The molecule has 0 saturated heterocycles. The number of carboxylic acid groups (broad SMARTS) is 1. The maximum Gasteiger partial charge on any atom is 0.330 e. The normalized spacial score (nSPS) is 11.1. The third kappa shape index (κ3) is 3.26. The van der Waals surface area contributed by atoms with Crippen LogP contribution in [0.2, 0.25) is 0 Å². The Hall–Kier alpha value is -1.84. The number of benzene rings is 1. The van der Waals surface area contributed by atoms with Gasteiger partial charge in [-0.3, -0.25) is 0 Å². The van der Waals surface area contributed by atoms with Crippen LogP contribution >= 0.6 is 0 Å². The van der Waals surface area contributed by atoms with E-state index in [4.69, 9.17) is 5.11 Å². The molecule has 1 aromatic rings. The van der Waals surface area contributed by atoms with E-state index in [2.05, 4.69) is 5.32 Å². The number of halogens is 1. The number of carbonyl (C=O) groups is 1. The predicted octanol–water partition coefficient (Wildman–Crippen LogP) is 2.23. The molecule has 0 unspecified atom stereocenters. The maximum absolute atomic E-state index is 12.5. The molecular weight excluding hydrogens is 185 g/mol. The zero-order valence-electron chi connectivity index (χ0n) is 7.62. The van der Waals surface area contributed by atoms with Crippen LogP contribution < -0.4 is 5.32 Å². The first-order valence-corrected chi connectivity index (χ1v) is 4.02. The quantitative estimate of drug-likeness (QED) is 0.727. The van der Waals surface area contributed by atoms with Crippen LogP contribution in [0.3, 0.4) is 0 Å². The van der Waals surface area contributed by atoms with Crippen molar-refractivity contribution in [2.24, 2.45) is 0 Å². The Morgan fingerprint density at radius 2 is 2.00 bits per heavy atom. The van der Waals surface area contributed by atoms with Crippen molar-refractivity contribution in [1.29, 1.82) is 0 Å². The summed E-state index contributed by atoms with van der Waals surface area (Å²) in [6, 6.07) is 5.68. The number of allylic oxidation sites excluding steroid dienone is 1. The number of anilines is 1. The van der Waals surface area contributed by atoms with Crippen LogP contribution in [0, 0.1) is 5.82 Å². The molecule has 0 aromatic heterocycles. The number of carboxylic acids is 1. The number of nitrogens with one attached hydrogen (secondary N) is 1. The van der Waals surface area contributed by atoms with Crippen molar-refractivity contribution in [3.05, 3.63) is 41.9 Å². The first-order chi connectivity index (χ1) is 6.58. The van der Waals surface area contributed by atoms with Gasteiger partial charge in [0.1, 0.15) is 5.82 Å². The van der Waals surface area contributed by atoms with E-state index in [-0.39, 0.29) is 5.82 Å². The molecule has 0 radical (unpaired) electrons. The Balaban J connectivity index is 2.69. The molecule has 0 atom stereocenters. The highest BCUT2D eigenvalue weighted by Gasteiger charge is 1.95. The highest BCUT2D eigenvalue weighted by Crippen LogP contribution is 2.10. The molecular formula is C10H10FNO2. The molecule has 14 heavy (non-hydrogen) atoms. The van der Waals surface area contributed by atoms with Crippen molar-refractivity contribution in [2.45, 2.75) is 6.92 Å². The highest BCUT2D eigenvalue weighted by atomic mass is 19.1. The van der Waals surface area contributed by atoms with Gasteiger partial charge in [-0.15, -0.1) is 0 Å². The fourth-order valence-corrected chi connectivity index (χ4v) is 0.982. The lowest BCUT2D eigenvalue weighted by molar-refractivity contribution is -0.131. The van der Waals surface area contributed by atoms with E-state index in [0.29, 0.717) is 11.4 Å². The summed E-state index contributed by atoms with van der Waals surface area (Å²) in [5.41, 5.74) is 1.14. The molecule has 4 heteroatoms. The van der Waals surface area contributed by atoms with E-state index in [0.717, 1.165) is 6.08 Å². The van der Waals surface area contributed by atoms with Crippen LogP contribution in [0.25, 0.3) is 0 Å². The fourth-order valence-electron chi connectivity index (χ4n) is 0.982. The molecule has 1 rings (SSSR count). The van der Waals surface area contributed by atoms with Crippen molar-refractivity contribution >= 4 is 11.7 Å². The molecule has 0 aliphatic rings. The molecule has 0 amide bonds. The summed E-state index contributed by atoms with van der Waals surface area (Å²) in [4.78, 5) is 10.3. The van der Waals surface area contributed by atoms with Crippen LogP contribution in [0.4, 0.5) is 10.1 Å². The molecule has 0 spiro atoms. The van der Waals surface area contributed by atoms with Crippen molar-refractivity contribution in [1.82, 2.24) is 0 Å². The molecule has 0 fully saturated rings. The van der Waals surface area contributed by atoms with Crippen LogP contribution in [-0.2, 0) is 4.79 Å². The summed E-state index contributed by atoms with van der Waals surface area (Å²) in [5.74, 6) is -1.34. The maximum atomic E-state index is 12.5. The van der Waals surface area contributed by atoms with Gasteiger partial charge < -0.3 is 10.4 Å². The molecule has 0 bridgehead atoms. The summed E-state index contributed by atoms with van der Waals surface area (Å²) in [5, 5.41) is 11.2. The average Bonchev–Trinajstić information content (AvgIpc) is 2.07. The summed E-state index contributed by atoms with van der Waals surface area (Å²) >= 11 is 0. The lowest BCUT2D eigenvalue weighted by Crippen LogP contribution is -1.99. The minimum absolute atomic E-state index is 0.324. The first-order valence-electron chi connectivity index (χ1n) is 4.02. The lowest BCUT2D eigenvalue weighted by atomic mass is 10.3. The van der Waals surface area contributed by atoms with Crippen molar-refractivity contribution in [2.75, 3.05) is 5.32 Å². The second-order valence-electron chi connectivity index (χ2n) is 2.80. The van der Waals surface area contributed by atoms with Crippen LogP contribution in [0.1, 0.15) is 6.92 Å². The summed E-state index contributed by atoms with van der Waals surface area (Å²) in [7, 11) is 0. The number of hydrogen-bond acceptors (Lipinski definition) is 2. The van der Waals surface area contributed by atoms with Gasteiger partial charge in [0.2, 0.25) is 0 Å². The largest absolute Gasteiger partial charge is 0.478 e. The van der Waals surface area contributed by atoms with E-state index < -0.39 is 5.97 Å². The van der Waals surface area contributed by atoms with Crippen molar-refractivity contribution in [3.63, 3.8) is 0 Å². The molecule has 0 aliphatic heterocycles. The summed E-state index contributed by atoms with van der Waals surface area (Å²) in [6.07, 6.45) is 1.04. The molecule has 74 valence electrons. The smallest absolute Gasteiger partial charge is 0.330 e. The Morgan fingerprint density at radius 1 is 1.43 bits per heavy atom. The minimum atomic E-state index is -1.02. The Labute approximate surface area is 80.9 Å². The fraction of sp³-hybridized carbons (Fsp3) is 0.100. The van der Waals surface area contributed by atoms with Crippen molar-refractivity contribution < 1.29 is 14.3 Å². The summed E-state index contributed by atoms with van der Waals surface area (Å²) < 4.78 is 12.5. The molecule has 0 aliphatic carbocycles. The number of aliphatic carboxylic acids is 1. The Bertz CT molecular complexity index is 357. The monoisotopic (exact) mass is 195 g/mol. The third-order valence-corrected chi connectivity index (χ3v) is 1.53. The zero-order valence-corrected chi connectivity index (χ0v) is 7.62. The van der Waals surface area contributed by atoms with Gasteiger partial charge in [-0.25, -0.2) is 9.18 Å². The van der Waals surface area contributed by atoms with Gasteiger partial charge in [0.05, 0.1) is 0 Å². The molecule has 3 nitrogen and oxygen atoms in total. The van der Waals surface area contributed by atoms with E-state index in [1.165, 1.54) is 24.3 Å².